The third-order valence-corrected chi connectivity index (χ3v) is 2.88. The van der Waals surface area contributed by atoms with Gasteiger partial charge in [-0.1, -0.05) is 26.7 Å². The molecule has 1 aromatic rings. The number of nitro benzene ring substituents is 1. The molecule has 0 atom stereocenters. The SMILES string of the molecule is CCCCOC(=O)c1cc(OCCCC)ccc1[N+](=O)[O-]. The molecule has 0 bridgehead atoms. The number of rotatable bonds is 9. The van der Waals surface area contributed by atoms with Gasteiger partial charge in [0.1, 0.15) is 11.3 Å². The molecule has 116 valence electrons. The van der Waals surface area contributed by atoms with E-state index in [9.17, 15) is 14.9 Å². The highest BCUT2D eigenvalue weighted by molar-refractivity contribution is 5.94. The van der Waals surface area contributed by atoms with Crippen LogP contribution >= 0.6 is 0 Å². The molecule has 1 rings (SSSR count). The maximum atomic E-state index is 11.9. The van der Waals surface area contributed by atoms with Gasteiger partial charge in [-0.25, -0.2) is 4.79 Å². The van der Waals surface area contributed by atoms with Crippen LogP contribution in [-0.4, -0.2) is 24.1 Å². The summed E-state index contributed by atoms with van der Waals surface area (Å²) in [6.07, 6.45) is 3.48. The Labute approximate surface area is 124 Å². The predicted molar refractivity (Wildman–Crippen MR) is 78.7 cm³/mol. The Balaban J connectivity index is 2.87. The lowest BCUT2D eigenvalue weighted by atomic mass is 10.1. The molecule has 0 aliphatic rings. The van der Waals surface area contributed by atoms with Crippen molar-refractivity contribution in [3.8, 4) is 5.75 Å². The van der Waals surface area contributed by atoms with Gasteiger partial charge in [0.2, 0.25) is 0 Å². The van der Waals surface area contributed by atoms with Crippen molar-refractivity contribution in [3.05, 3.63) is 33.9 Å². The largest absolute Gasteiger partial charge is 0.494 e. The van der Waals surface area contributed by atoms with Crippen molar-refractivity contribution < 1.29 is 19.2 Å². The number of esters is 1. The van der Waals surface area contributed by atoms with Gasteiger partial charge in [-0.05, 0) is 18.9 Å². The second-order valence-electron chi connectivity index (χ2n) is 4.63. The van der Waals surface area contributed by atoms with E-state index in [0.717, 1.165) is 25.7 Å². The highest BCUT2D eigenvalue weighted by Crippen LogP contribution is 2.25. The van der Waals surface area contributed by atoms with Crippen LogP contribution in [0.4, 0.5) is 5.69 Å². The van der Waals surface area contributed by atoms with Gasteiger partial charge in [0.15, 0.2) is 0 Å². The predicted octanol–water partition coefficient (Wildman–Crippen LogP) is 3.73. The molecule has 0 aliphatic carbocycles. The van der Waals surface area contributed by atoms with Gasteiger partial charge in [-0.15, -0.1) is 0 Å². The minimum Gasteiger partial charge on any atom is -0.494 e. The Morgan fingerprint density at radius 3 is 2.48 bits per heavy atom. The van der Waals surface area contributed by atoms with Crippen LogP contribution in [0.15, 0.2) is 18.2 Å². The summed E-state index contributed by atoms with van der Waals surface area (Å²) in [5.41, 5.74) is -0.329. The van der Waals surface area contributed by atoms with E-state index < -0.39 is 10.9 Å². The van der Waals surface area contributed by atoms with Crippen molar-refractivity contribution in [2.45, 2.75) is 39.5 Å². The average Bonchev–Trinajstić information content (AvgIpc) is 2.47. The zero-order valence-corrected chi connectivity index (χ0v) is 12.5. The Kier molecular flexibility index (Phi) is 7.21. The molecule has 0 unspecified atom stereocenters. The second-order valence-corrected chi connectivity index (χ2v) is 4.63. The molecule has 0 aliphatic heterocycles. The zero-order valence-electron chi connectivity index (χ0n) is 12.5. The highest BCUT2D eigenvalue weighted by atomic mass is 16.6. The van der Waals surface area contributed by atoms with E-state index in [1.807, 2.05) is 13.8 Å². The van der Waals surface area contributed by atoms with Crippen molar-refractivity contribution in [3.63, 3.8) is 0 Å². The molecule has 0 aromatic heterocycles. The van der Waals surface area contributed by atoms with Gasteiger partial charge in [0, 0.05) is 12.1 Å². The van der Waals surface area contributed by atoms with Crippen LogP contribution in [0.2, 0.25) is 0 Å². The fourth-order valence-corrected chi connectivity index (χ4v) is 1.65. The van der Waals surface area contributed by atoms with Gasteiger partial charge in [-0.3, -0.25) is 10.1 Å². The summed E-state index contributed by atoms with van der Waals surface area (Å²) in [4.78, 5) is 22.3. The number of benzene rings is 1. The molecule has 0 saturated carbocycles. The molecule has 0 saturated heterocycles. The van der Waals surface area contributed by atoms with Gasteiger partial charge < -0.3 is 9.47 Å². The first-order chi connectivity index (χ1) is 10.1. The Hall–Kier alpha value is -2.11. The summed E-state index contributed by atoms with van der Waals surface area (Å²) in [5.74, 6) is -0.243. The lowest BCUT2D eigenvalue weighted by Crippen LogP contribution is -2.10. The molecule has 0 radical (unpaired) electrons. The molecular weight excluding hydrogens is 274 g/mol. The second kappa shape index (κ2) is 8.94. The molecule has 21 heavy (non-hydrogen) atoms. The molecule has 0 N–H and O–H groups in total. The molecular formula is C15H21NO5. The van der Waals surface area contributed by atoms with Crippen LogP contribution in [0.3, 0.4) is 0 Å². The fourth-order valence-electron chi connectivity index (χ4n) is 1.65. The Morgan fingerprint density at radius 2 is 1.86 bits per heavy atom. The lowest BCUT2D eigenvalue weighted by molar-refractivity contribution is -0.385. The van der Waals surface area contributed by atoms with E-state index in [-0.39, 0.29) is 17.9 Å². The zero-order chi connectivity index (χ0) is 15.7. The van der Waals surface area contributed by atoms with Crippen molar-refractivity contribution in [1.82, 2.24) is 0 Å². The smallest absolute Gasteiger partial charge is 0.345 e. The maximum absolute atomic E-state index is 11.9. The van der Waals surface area contributed by atoms with Gasteiger partial charge in [0.25, 0.3) is 5.69 Å². The summed E-state index contributed by atoms with van der Waals surface area (Å²) in [6.45, 7) is 4.78. The van der Waals surface area contributed by atoms with Crippen LogP contribution in [0.5, 0.6) is 5.75 Å². The number of nitro groups is 1. The Bertz CT molecular complexity index is 487. The minimum absolute atomic E-state index is 0.0647. The third kappa shape index (κ3) is 5.41. The van der Waals surface area contributed by atoms with E-state index in [2.05, 4.69) is 0 Å². The highest BCUT2D eigenvalue weighted by Gasteiger charge is 2.22. The average molecular weight is 295 g/mol. The number of nitrogens with zero attached hydrogens (tertiary/aromatic N) is 1. The molecule has 0 heterocycles. The van der Waals surface area contributed by atoms with Crippen LogP contribution in [0, 0.1) is 10.1 Å². The number of unbranched alkanes of at least 4 members (excludes halogenated alkanes) is 2. The first-order valence-corrected chi connectivity index (χ1v) is 7.18. The molecule has 0 fully saturated rings. The number of hydrogen-bond acceptors (Lipinski definition) is 5. The molecule has 6 heteroatoms. The molecule has 1 aromatic carbocycles. The first kappa shape index (κ1) is 16.9. The van der Waals surface area contributed by atoms with Crippen LogP contribution in [-0.2, 0) is 4.74 Å². The lowest BCUT2D eigenvalue weighted by Gasteiger charge is -2.08. The molecule has 0 amide bonds. The number of carbonyl (C=O) groups is 1. The van der Waals surface area contributed by atoms with E-state index >= 15 is 0 Å². The van der Waals surface area contributed by atoms with E-state index in [4.69, 9.17) is 9.47 Å². The standard InChI is InChI=1S/C15H21NO5/c1-3-5-9-20-12-7-8-14(16(18)19)13(11-12)15(17)21-10-6-4-2/h7-8,11H,3-6,9-10H2,1-2H3. The van der Waals surface area contributed by atoms with Crippen LogP contribution in [0.1, 0.15) is 49.9 Å². The van der Waals surface area contributed by atoms with Crippen molar-refractivity contribution in [2.24, 2.45) is 0 Å². The number of carbonyl (C=O) groups excluding carboxylic acids is 1. The summed E-state index contributed by atoms with van der Waals surface area (Å²) in [7, 11) is 0. The van der Waals surface area contributed by atoms with Crippen molar-refractivity contribution in [2.75, 3.05) is 13.2 Å². The summed E-state index contributed by atoms with van der Waals surface area (Å²) < 4.78 is 10.5. The van der Waals surface area contributed by atoms with Gasteiger partial charge in [0.05, 0.1) is 18.1 Å². The maximum Gasteiger partial charge on any atom is 0.345 e. The molecule has 6 nitrogen and oxygen atoms in total. The monoisotopic (exact) mass is 295 g/mol. The normalized spacial score (nSPS) is 10.2. The van der Waals surface area contributed by atoms with Crippen LogP contribution < -0.4 is 4.74 Å². The topological polar surface area (TPSA) is 78.7 Å². The third-order valence-electron chi connectivity index (χ3n) is 2.88. The van der Waals surface area contributed by atoms with E-state index in [1.165, 1.54) is 18.2 Å². The summed E-state index contributed by atoms with van der Waals surface area (Å²) >= 11 is 0. The number of ether oxygens (including phenoxy) is 2. The number of hydrogen-bond donors (Lipinski definition) is 0. The summed E-state index contributed by atoms with van der Waals surface area (Å²) in [6, 6.07) is 4.15. The van der Waals surface area contributed by atoms with Crippen molar-refractivity contribution >= 4 is 11.7 Å². The molecule has 0 spiro atoms. The van der Waals surface area contributed by atoms with Crippen molar-refractivity contribution in [1.29, 1.82) is 0 Å². The van der Waals surface area contributed by atoms with Gasteiger partial charge in [-0.2, -0.15) is 0 Å². The Morgan fingerprint density at radius 1 is 1.19 bits per heavy atom. The van der Waals surface area contributed by atoms with Gasteiger partial charge >= 0.3 is 5.97 Å². The summed E-state index contributed by atoms with van der Waals surface area (Å²) in [5, 5.41) is 11.0. The van der Waals surface area contributed by atoms with Crippen LogP contribution in [0.25, 0.3) is 0 Å². The minimum atomic E-state index is -0.684. The fraction of sp³-hybridized carbons (Fsp3) is 0.533. The quantitative estimate of drug-likeness (QED) is 0.300. The van der Waals surface area contributed by atoms with E-state index in [0.29, 0.717) is 12.4 Å². The first-order valence-electron chi connectivity index (χ1n) is 7.18. The van der Waals surface area contributed by atoms with E-state index in [1.54, 1.807) is 0 Å².